The highest BCUT2D eigenvalue weighted by Crippen LogP contribution is 2.23. The summed E-state index contributed by atoms with van der Waals surface area (Å²) < 4.78 is 5.36. The monoisotopic (exact) mass is 360 g/mol. The van der Waals surface area contributed by atoms with E-state index in [1.54, 1.807) is 62.4 Å². The van der Waals surface area contributed by atoms with E-state index in [4.69, 9.17) is 16.3 Å². The number of halogens is 1. The van der Waals surface area contributed by atoms with Gasteiger partial charge in [0.2, 0.25) is 11.8 Å². The third-order valence-corrected chi connectivity index (χ3v) is 3.88. The van der Waals surface area contributed by atoms with E-state index in [0.717, 1.165) is 5.75 Å². The van der Waals surface area contributed by atoms with E-state index in [2.05, 4.69) is 10.6 Å². The third kappa shape index (κ3) is 4.97. The number of nitrogens with one attached hydrogen (secondary N) is 2. The van der Waals surface area contributed by atoms with Gasteiger partial charge in [-0.3, -0.25) is 9.59 Å². The zero-order valence-electron chi connectivity index (χ0n) is 14.4. The molecule has 0 saturated carbocycles. The van der Waals surface area contributed by atoms with Gasteiger partial charge in [-0.2, -0.15) is 0 Å². The van der Waals surface area contributed by atoms with Crippen molar-refractivity contribution >= 4 is 34.8 Å². The molecule has 0 atom stereocenters. The van der Waals surface area contributed by atoms with Crippen molar-refractivity contribution in [3.63, 3.8) is 0 Å². The average Bonchev–Trinajstić information content (AvgIpc) is 2.56. The minimum atomic E-state index is -1.26. The fourth-order valence-electron chi connectivity index (χ4n) is 2.05. The summed E-state index contributed by atoms with van der Waals surface area (Å²) in [5.41, 5.74) is -0.127. The fraction of sp³-hybridized carbons (Fsp3) is 0.263. The van der Waals surface area contributed by atoms with Gasteiger partial charge in [-0.1, -0.05) is 17.7 Å². The molecule has 0 unspecified atom stereocenters. The summed E-state index contributed by atoms with van der Waals surface area (Å²) in [6.07, 6.45) is 0. The number of carbonyl (C=O) groups is 2. The Morgan fingerprint density at radius 1 is 1.00 bits per heavy atom. The Morgan fingerprint density at radius 3 is 2.16 bits per heavy atom. The molecule has 0 aliphatic rings. The molecule has 0 heterocycles. The van der Waals surface area contributed by atoms with Crippen molar-refractivity contribution in [1.29, 1.82) is 0 Å². The van der Waals surface area contributed by atoms with Gasteiger partial charge >= 0.3 is 0 Å². The Morgan fingerprint density at radius 2 is 1.60 bits per heavy atom. The first-order chi connectivity index (χ1) is 11.8. The van der Waals surface area contributed by atoms with Crippen LogP contribution < -0.4 is 15.4 Å². The average molecular weight is 361 g/mol. The molecule has 25 heavy (non-hydrogen) atoms. The number of carbonyl (C=O) groups excluding carboxylic acids is 2. The maximum Gasteiger partial charge on any atom is 0.239 e. The van der Waals surface area contributed by atoms with Gasteiger partial charge in [-0.15, -0.1) is 0 Å². The maximum absolute atomic E-state index is 12.5. The maximum atomic E-state index is 12.5. The molecule has 0 radical (unpaired) electrons. The highest BCUT2D eigenvalue weighted by molar-refractivity contribution is 6.31. The van der Waals surface area contributed by atoms with Crippen molar-refractivity contribution < 1.29 is 14.3 Å². The molecule has 0 saturated heterocycles. The lowest BCUT2D eigenvalue weighted by atomic mass is 9.90. The van der Waals surface area contributed by atoms with Crippen LogP contribution in [-0.4, -0.2) is 18.4 Å². The molecule has 0 aliphatic heterocycles. The lowest BCUT2D eigenvalue weighted by Gasteiger charge is -2.23. The van der Waals surface area contributed by atoms with Crippen LogP contribution in [0, 0.1) is 5.41 Å². The quantitative estimate of drug-likeness (QED) is 0.753. The Hall–Kier alpha value is -2.53. The van der Waals surface area contributed by atoms with E-state index >= 15 is 0 Å². The number of ether oxygens (including phenoxy) is 1. The van der Waals surface area contributed by atoms with Crippen molar-refractivity contribution in [3.05, 3.63) is 53.6 Å². The van der Waals surface area contributed by atoms with Gasteiger partial charge in [0.1, 0.15) is 11.2 Å². The molecule has 2 aromatic carbocycles. The van der Waals surface area contributed by atoms with Gasteiger partial charge in [0.25, 0.3) is 0 Å². The van der Waals surface area contributed by atoms with Gasteiger partial charge in [0, 0.05) is 16.4 Å². The van der Waals surface area contributed by atoms with Crippen molar-refractivity contribution in [2.24, 2.45) is 5.41 Å². The number of benzene rings is 2. The molecule has 2 amide bonds. The Bertz CT molecular complexity index is 758. The molecule has 2 rings (SSSR count). The highest BCUT2D eigenvalue weighted by atomic mass is 35.5. The summed E-state index contributed by atoms with van der Waals surface area (Å²) >= 11 is 5.91. The topological polar surface area (TPSA) is 67.4 Å². The summed E-state index contributed by atoms with van der Waals surface area (Å²) in [6, 6.07) is 13.8. The summed E-state index contributed by atoms with van der Waals surface area (Å²) in [5, 5.41) is 5.97. The molecule has 0 spiro atoms. The van der Waals surface area contributed by atoms with E-state index in [1.807, 2.05) is 6.92 Å². The molecule has 0 bridgehead atoms. The highest BCUT2D eigenvalue weighted by Gasteiger charge is 2.36. The summed E-state index contributed by atoms with van der Waals surface area (Å²) in [4.78, 5) is 25.0. The van der Waals surface area contributed by atoms with E-state index in [-0.39, 0.29) is 0 Å². The van der Waals surface area contributed by atoms with Gasteiger partial charge < -0.3 is 15.4 Å². The Balaban J connectivity index is 2.04. The van der Waals surface area contributed by atoms with Crippen molar-refractivity contribution in [1.82, 2.24) is 0 Å². The SMILES string of the molecule is CCOc1ccc(NC(=O)C(C)(C)C(=O)Nc2cccc(Cl)c2)cc1. The van der Waals surface area contributed by atoms with Crippen LogP contribution in [0.3, 0.4) is 0 Å². The molecule has 0 aliphatic carbocycles. The second-order valence-corrected chi connectivity index (χ2v) is 6.44. The Labute approximate surface area is 152 Å². The van der Waals surface area contributed by atoms with Crippen LogP contribution in [0.1, 0.15) is 20.8 Å². The molecule has 132 valence electrons. The first kappa shape index (κ1) is 18.8. The van der Waals surface area contributed by atoms with Crippen LogP contribution in [0.25, 0.3) is 0 Å². The van der Waals surface area contributed by atoms with Gasteiger partial charge in [0.15, 0.2) is 0 Å². The van der Waals surface area contributed by atoms with Crippen LogP contribution in [-0.2, 0) is 9.59 Å². The van der Waals surface area contributed by atoms with Crippen LogP contribution in [0.5, 0.6) is 5.75 Å². The third-order valence-electron chi connectivity index (χ3n) is 3.64. The molecule has 6 heteroatoms. The minimum Gasteiger partial charge on any atom is -0.494 e. The van der Waals surface area contributed by atoms with Crippen molar-refractivity contribution in [2.45, 2.75) is 20.8 Å². The van der Waals surface area contributed by atoms with E-state index in [9.17, 15) is 9.59 Å². The normalized spacial score (nSPS) is 10.9. The zero-order valence-corrected chi connectivity index (χ0v) is 15.2. The van der Waals surface area contributed by atoms with Crippen molar-refractivity contribution in [3.8, 4) is 5.75 Å². The second-order valence-electron chi connectivity index (χ2n) is 6.00. The van der Waals surface area contributed by atoms with Crippen LogP contribution in [0.2, 0.25) is 5.02 Å². The van der Waals surface area contributed by atoms with Gasteiger partial charge in [-0.25, -0.2) is 0 Å². The number of anilines is 2. The standard InChI is InChI=1S/C19H21ClN2O3/c1-4-25-16-10-8-14(9-11-16)21-17(23)19(2,3)18(24)22-15-7-5-6-13(20)12-15/h5-12H,4H2,1-3H3,(H,21,23)(H,22,24). The first-order valence-corrected chi connectivity index (χ1v) is 8.32. The predicted octanol–water partition coefficient (Wildman–Crippen LogP) is 4.34. The van der Waals surface area contributed by atoms with Crippen LogP contribution >= 0.6 is 11.6 Å². The molecule has 0 aromatic heterocycles. The largest absolute Gasteiger partial charge is 0.494 e. The minimum absolute atomic E-state index is 0.406. The first-order valence-electron chi connectivity index (χ1n) is 7.94. The molecule has 5 nitrogen and oxygen atoms in total. The smallest absolute Gasteiger partial charge is 0.239 e. The van der Waals surface area contributed by atoms with E-state index in [0.29, 0.717) is 23.0 Å². The zero-order chi connectivity index (χ0) is 18.4. The molecule has 0 fully saturated rings. The van der Waals surface area contributed by atoms with Crippen molar-refractivity contribution in [2.75, 3.05) is 17.2 Å². The second kappa shape index (κ2) is 8.03. The Kier molecular flexibility index (Phi) is 6.04. The van der Waals surface area contributed by atoms with Gasteiger partial charge in [0.05, 0.1) is 6.61 Å². The number of amides is 2. The number of rotatable bonds is 6. The van der Waals surface area contributed by atoms with E-state index in [1.165, 1.54) is 0 Å². The van der Waals surface area contributed by atoms with Gasteiger partial charge in [-0.05, 0) is 63.2 Å². The number of hydrogen-bond acceptors (Lipinski definition) is 3. The lowest BCUT2D eigenvalue weighted by Crippen LogP contribution is -2.41. The molecular formula is C19H21ClN2O3. The molecular weight excluding hydrogens is 340 g/mol. The lowest BCUT2D eigenvalue weighted by molar-refractivity contribution is -0.135. The summed E-state index contributed by atoms with van der Waals surface area (Å²) in [6.45, 7) is 5.60. The van der Waals surface area contributed by atoms with Crippen LogP contribution in [0.15, 0.2) is 48.5 Å². The van der Waals surface area contributed by atoms with Crippen LogP contribution in [0.4, 0.5) is 11.4 Å². The molecule has 2 aromatic rings. The summed E-state index contributed by atoms with van der Waals surface area (Å²) in [5.74, 6) is -0.104. The van der Waals surface area contributed by atoms with E-state index < -0.39 is 17.2 Å². The molecule has 2 N–H and O–H groups in total. The predicted molar refractivity (Wildman–Crippen MR) is 100 cm³/mol. The number of hydrogen-bond donors (Lipinski definition) is 2. The fourth-order valence-corrected chi connectivity index (χ4v) is 2.24. The summed E-state index contributed by atoms with van der Waals surface area (Å²) in [7, 11) is 0.